The highest BCUT2D eigenvalue weighted by atomic mass is 16.5. The van der Waals surface area contributed by atoms with E-state index in [0.717, 1.165) is 12.8 Å². The third-order valence-corrected chi connectivity index (χ3v) is 1.67. The fourth-order valence-corrected chi connectivity index (χ4v) is 0.962. The molecule has 0 amide bonds. The molecule has 0 saturated heterocycles. The van der Waals surface area contributed by atoms with Gasteiger partial charge in [0.05, 0.1) is 18.2 Å². The SMILES string of the molecule is C=CCCCOc1cc(C#N)ccn1. The molecule has 0 aromatic carbocycles. The normalized spacial score (nSPS) is 9.07. The summed E-state index contributed by atoms with van der Waals surface area (Å²) in [6.07, 6.45) is 5.27. The Hall–Kier alpha value is -1.82. The van der Waals surface area contributed by atoms with Crippen molar-refractivity contribution in [3.8, 4) is 11.9 Å². The number of ether oxygens (including phenoxy) is 1. The van der Waals surface area contributed by atoms with Crippen LogP contribution in [0.15, 0.2) is 31.0 Å². The first-order chi connectivity index (χ1) is 6.86. The number of pyridine rings is 1. The molecular weight excluding hydrogens is 176 g/mol. The van der Waals surface area contributed by atoms with Crippen LogP contribution in [0.2, 0.25) is 0 Å². The standard InChI is InChI=1S/C11H12N2O/c1-2-3-4-7-14-11-8-10(9-12)5-6-13-11/h2,5-6,8H,1,3-4,7H2. The molecule has 72 valence electrons. The molecule has 3 heteroatoms. The lowest BCUT2D eigenvalue weighted by molar-refractivity contribution is 0.300. The van der Waals surface area contributed by atoms with E-state index in [1.165, 1.54) is 0 Å². The molecule has 0 unspecified atom stereocenters. The number of aromatic nitrogens is 1. The van der Waals surface area contributed by atoms with Crippen LogP contribution in [-0.4, -0.2) is 11.6 Å². The van der Waals surface area contributed by atoms with Crippen LogP contribution >= 0.6 is 0 Å². The van der Waals surface area contributed by atoms with Crippen molar-refractivity contribution in [2.45, 2.75) is 12.8 Å². The highest BCUT2D eigenvalue weighted by Gasteiger charge is 1.96. The van der Waals surface area contributed by atoms with Gasteiger partial charge in [-0.1, -0.05) is 6.08 Å². The fraction of sp³-hybridized carbons (Fsp3) is 0.273. The van der Waals surface area contributed by atoms with Crippen LogP contribution in [-0.2, 0) is 0 Å². The van der Waals surface area contributed by atoms with Gasteiger partial charge in [-0.3, -0.25) is 0 Å². The largest absolute Gasteiger partial charge is 0.478 e. The summed E-state index contributed by atoms with van der Waals surface area (Å²) in [5.74, 6) is 0.508. The van der Waals surface area contributed by atoms with E-state index in [1.54, 1.807) is 18.3 Å². The van der Waals surface area contributed by atoms with Crippen LogP contribution in [0.4, 0.5) is 0 Å². The van der Waals surface area contributed by atoms with Crippen molar-refractivity contribution < 1.29 is 4.74 Å². The number of nitrogens with zero attached hydrogens (tertiary/aromatic N) is 2. The number of nitriles is 1. The molecule has 1 aromatic rings. The first kappa shape index (κ1) is 10.3. The molecule has 0 aliphatic carbocycles. The Balaban J connectivity index is 2.43. The van der Waals surface area contributed by atoms with Gasteiger partial charge in [-0.25, -0.2) is 4.98 Å². The third-order valence-electron chi connectivity index (χ3n) is 1.67. The Morgan fingerprint density at radius 1 is 1.64 bits per heavy atom. The minimum absolute atomic E-state index is 0.508. The van der Waals surface area contributed by atoms with E-state index >= 15 is 0 Å². The number of rotatable bonds is 5. The van der Waals surface area contributed by atoms with Gasteiger partial charge in [0.2, 0.25) is 5.88 Å². The zero-order valence-electron chi connectivity index (χ0n) is 7.94. The molecule has 14 heavy (non-hydrogen) atoms. The highest BCUT2D eigenvalue weighted by molar-refractivity contribution is 5.31. The molecule has 1 rings (SSSR count). The van der Waals surface area contributed by atoms with Gasteiger partial charge in [0.25, 0.3) is 0 Å². The van der Waals surface area contributed by atoms with E-state index in [4.69, 9.17) is 10.00 Å². The van der Waals surface area contributed by atoms with Crippen molar-refractivity contribution in [3.63, 3.8) is 0 Å². The molecule has 0 aliphatic heterocycles. The summed E-state index contributed by atoms with van der Waals surface area (Å²) in [7, 11) is 0. The van der Waals surface area contributed by atoms with Crippen LogP contribution < -0.4 is 4.74 Å². The fourth-order valence-electron chi connectivity index (χ4n) is 0.962. The lowest BCUT2D eigenvalue weighted by Crippen LogP contribution is -1.98. The number of allylic oxidation sites excluding steroid dienone is 1. The molecule has 0 aliphatic rings. The second-order valence-electron chi connectivity index (χ2n) is 2.77. The van der Waals surface area contributed by atoms with Crippen molar-refractivity contribution in [1.29, 1.82) is 5.26 Å². The highest BCUT2D eigenvalue weighted by Crippen LogP contribution is 2.08. The molecular formula is C11H12N2O. The molecule has 0 N–H and O–H groups in total. The van der Waals surface area contributed by atoms with Gasteiger partial charge in [-0.2, -0.15) is 5.26 Å². The molecule has 3 nitrogen and oxygen atoms in total. The van der Waals surface area contributed by atoms with Crippen molar-refractivity contribution in [3.05, 3.63) is 36.5 Å². The molecule has 0 bridgehead atoms. The lowest BCUT2D eigenvalue weighted by atomic mass is 10.3. The zero-order valence-corrected chi connectivity index (χ0v) is 7.94. The second-order valence-corrected chi connectivity index (χ2v) is 2.77. The van der Waals surface area contributed by atoms with Crippen LogP contribution in [0.25, 0.3) is 0 Å². The first-order valence-electron chi connectivity index (χ1n) is 4.46. The minimum Gasteiger partial charge on any atom is -0.478 e. The van der Waals surface area contributed by atoms with Crippen molar-refractivity contribution in [1.82, 2.24) is 4.98 Å². The van der Waals surface area contributed by atoms with Gasteiger partial charge in [0.15, 0.2) is 0 Å². The predicted molar refractivity (Wildman–Crippen MR) is 53.9 cm³/mol. The number of unbranched alkanes of at least 4 members (excludes halogenated alkanes) is 1. The maximum absolute atomic E-state index is 8.63. The molecule has 0 radical (unpaired) electrons. The van der Waals surface area contributed by atoms with Crippen molar-refractivity contribution in [2.24, 2.45) is 0 Å². The van der Waals surface area contributed by atoms with Gasteiger partial charge in [0, 0.05) is 12.3 Å². The first-order valence-corrected chi connectivity index (χ1v) is 4.46. The predicted octanol–water partition coefficient (Wildman–Crippen LogP) is 2.30. The summed E-state index contributed by atoms with van der Waals surface area (Å²) >= 11 is 0. The Bertz CT molecular complexity index is 341. The minimum atomic E-state index is 0.508. The summed E-state index contributed by atoms with van der Waals surface area (Å²) in [5, 5.41) is 8.63. The Kier molecular flexibility index (Phi) is 4.22. The molecule has 0 atom stereocenters. The van der Waals surface area contributed by atoms with E-state index in [1.807, 2.05) is 12.1 Å². The van der Waals surface area contributed by atoms with E-state index in [2.05, 4.69) is 11.6 Å². The Morgan fingerprint density at radius 2 is 2.50 bits per heavy atom. The maximum atomic E-state index is 8.63. The molecule has 1 aromatic heterocycles. The summed E-state index contributed by atoms with van der Waals surface area (Å²) in [6, 6.07) is 5.32. The van der Waals surface area contributed by atoms with E-state index < -0.39 is 0 Å². The van der Waals surface area contributed by atoms with Gasteiger partial charge < -0.3 is 4.74 Å². The summed E-state index contributed by atoms with van der Waals surface area (Å²) in [6.45, 7) is 4.22. The van der Waals surface area contributed by atoms with Gasteiger partial charge in [0.1, 0.15) is 0 Å². The van der Waals surface area contributed by atoms with Gasteiger partial charge in [-0.15, -0.1) is 6.58 Å². The lowest BCUT2D eigenvalue weighted by Gasteiger charge is -2.03. The van der Waals surface area contributed by atoms with Crippen LogP contribution in [0.5, 0.6) is 5.88 Å². The van der Waals surface area contributed by atoms with E-state index in [-0.39, 0.29) is 0 Å². The molecule has 0 saturated carbocycles. The summed E-state index contributed by atoms with van der Waals surface area (Å²) in [5.41, 5.74) is 0.568. The average molecular weight is 188 g/mol. The van der Waals surface area contributed by atoms with Crippen molar-refractivity contribution >= 4 is 0 Å². The quantitative estimate of drug-likeness (QED) is 0.526. The number of hydrogen-bond donors (Lipinski definition) is 0. The zero-order chi connectivity index (χ0) is 10.2. The Labute approximate surface area is 83.7 Å². The topological polar surface area (TPSA) is 45.9 Å². The Morgan fingerprint density at radius 3 is 3.21 bits per heavy atom. The van der Waals surface area contributed by atoms with Crippen LogP contribution in [0.1, 0.15) is 18.4 Å². The van der Waals surface area contributed by atoms with E-state index in [9.17, 15) is 0 Å². The summed E-state index contributed by atoms with van der Waals surface area (Å²) < 4.78 is 5.34. The smallest absolute Gasteiger partial charge is 0.214 e. The summed E-state index contributed by atoms with van der Waals surface area (Å²) in [4.78, 5) is 3.99. The molecule has 0 spiro atoms. The molecule has 0 fully saturated rings. The van der Waals surface area contributed by atoms with Crippen LogP contribution in [0.3, 0.4) is 0 Å². The van der Waals surface area contributed by atoms with Gasteiger partial charge in [-0.05, 0) is 18.9 Å². The average Bonchev–Trinajstić information content (AvgIpc) is 2.25. The second kappa shape index (κ2) is 5.76. The molecule has 1 heterocycles. The van der Waals surface area contributed by atoms with Crippen LogP contribution in [0, 0.1) is 11.3 Å². The third kappa shape index (κ3) is 3.28. The van der Waals surface area contributed by atoms with Gasteiger partial charge >= 0.3 is 0 Å². The maximum Gasteiger partial charge on any atom is 0.214 e. The monoisotopic (exact) mass is 188 g/mol. The number of hydrogen-bond acceptors (Lipinski definition) is 3. The van der Waals surface area contributed by atoms with E-state index in [0.29, 0.717) is 18.1 Å². The van der Waals surface area contributed by atoms with Crippen molar-refractivity contribution in [2.75, 3.05) is 6.61 Å².